The van der Waals surface area contributed by atoms with Crippen LogP contribution < -0.4 is 10.1 Å². The Morgan fingerprint density at radius 1 is 1.06 bits per heavy atom. The number of halogens is 5. The molecule has 10 heteroatoms. The number of ether oxygens (including phenoxy) is 1. The van der Waals surface area contributed by atoms with Crippen molar-refractivity contribution in [1.29, 1.82) is 5.26 Å². The van der Waals surface area contributed by atoms with Crippen molar-refractivity contribution in [2.24, 2.45) is 0 Å². The summed E-state index contributed by atoms with van der Waals surface area (Å²) >= 11 is 11.9. The number of alkyl halides is 3. The number of hydrogen-bond acceptors (Lipinski definition) is 4. The molecule has 0 atom stereocenters. The topological polar surface area (TPSA) is 75.3 Å². The van der Waals surface area contributed by atoms with Crippen LogP contribution in [0.25, 0.3) is 17.4 Å². The molecule has 0 saturated heterocycles. The van der Waals surface area contributed by atoms with Gasteiger partial charge in [-0.1, -0.05) is 23.2 Å². The number of nitriles is 1. The standard InChI is InChI=1S/C21H11Cl2F3N2O3/c22-17-7-1-12(10-18(17)23)19-8-6-16(30-19)9-13(11-27)20(29)28-14-2-4-15(5-3-14)31-21(24,25)26/h1-10H,(H,28,29)/b13-9+. The van der Waals surface area contributed by atoms with Crippen molar-refractivity contribution < 1.29 is 27.1 Å². The van der Waals surface area contributed by atoms with E-state index in [1.165, 1.54) is 18.2 Å². The number of rotatable bonds is 5. The SMILES string of the molecule is N#C/C(=C\c1ccc(-c2ccc(Cl)c(Cl)c2)o1)C(=O)Nc1ccc(OC(F)(F)F)cc1. The molecular formula is C21H11Cl2F3N2O3. The first kappa shape index (κ1) is 22.3. The summed E-state index contributed by atoms with van der Waals surface area (Å²) in [5.74, 6) is -0.518. The van der Waals surface area contributed by atoms with Crippen molar-refractivity contribution in [3.63, 3.8) is 0 Å². The molecule has 1 amide bonds. The molecule has 0 aliphatic heterocycles. The van der Waals surface area contributed by atoms with E-state index in [2.05, 4.69) is 10.1 Å². The summed E-state index contributed by atoms with van der Waals surface area (Å²) < 4.78 is 46.0. The average Bonchev–Trinajstić information content (AvgIpc) is 3.17. The molecule has 0 fully saturated rings. The minimum Gasteiger partial charge on any atom is -0.457 e. The Morgan fingerprint density at radius 2 is 1.77 bits per heavy atom. The van der Waals surface area contributed by atoms with Crippen LogP contribution in [0.15, 0.2) is 64.6 Å². The average molecular weight is 467 g/mol. The van der Waals surface area contributed by atoms with Gasteiger partial charge in [-0.05, 0) is 54.6 Å². The zero-order valence-corrected chi connectivity index (χ0v) is 16.8. The van der Waals surface area contributed by atoms with E-state index in [1.54, 1.807) is 36.4 Å². The lowest BCUT2D eigenvalue weighted by molar-refractivity contribution is -0.274. The Balaban J connectivity index is 1.73. The van der Waals surface area contributed by atoms with Crippen molar-refractivity contribution in [2.75, 3.05) is 5.32 Å². The van der Waals surface area contributed by atoms with Gasteiger partial charge in [0.1, 0.15) is 28.9 Å². The summed E-state index contributed by atoms with van der Waals surface area (Å²) in [7, 11) is 0. The van der Waals surface area contributed by atoms with Gasteiger partial charge >= 0.3 is 6.36 Å². The lowest BCUT2D eigenvalue weighted by atomic mass is 10.2. The molecule has 1 aromatic heterocycles. The number of nitrogens with one attached hydrogen (secondary N) is 1. The van der Waals surface area contributed by atoms with E-state index in [0.717, 1.165) is 12.1 Å². The fourth-order valence-electron chi connectivity index (χ4n) is 2.46. The minimum atomic E-state index is -4.82. The molecule has 5 nitrogen and oxygen atoms in total. The maximum absolute atomic E-state index is 12.3. The predicted octanol–water partition coefficient (Wildman–Crippen LogP) is 6.70. The largest absolute Gasteiger partial charge is 0.573 e. The van der Waals surface area contributed by atoms with E-state index in [-0.39, 0.29) is 17.0 Å². The monoisotopic (exact) mass is 466 g/mol. The maximum Gasteiger partial charge on any atom is 0.573 e. The quantitative estimate of drug-likeness (QED) is 0.335. The number of nitrogens with zero attached hydrogens (tertiary/aromatic N) is 1. The first-order valence-electron chi connectivity index (χ1n) is 8.49. The van der Waals surface area contributed by atoms with E-state index in [4.69, 9.17) is 27.6 Å². The van der Waals surface area contributed by atoms with Gasteiger partial charge in [-0.3, -0.25) is 4.79 Å². The van der Waals surface area contributed by atoms with Gasteiger partial charge in [-0.2, -0.15) is 5.26 Å². The molecule has 0 aliphatic rings. The third-order valence-corrected chi connectivity index (χ3v) is 4.57. The Morgan fingerprint density at radius 3 is 2.39 bits per heavy atom. The zero-order valence-electron chi connectivity index (χ0n) is 15.3. The molecule has 0 aliphatic carbocycles. The van der Waals surface area contributed by atoms with Crippen LogP contribution in [0.4, 0.5) is 18.9 Å². The van der Waals surface area contributed by atoms with Gasteiger partial charge in [-0.15, -0.1) is 13.2 Å². The molecule has 0 bridgehead atoms. The normalized spacial score (nSPS) is 11.7. The number of anilines is 1. The highest BCUT2D eigenvalue weighted by atomic mass is 35.5. The van der Waals surface area contributed by atoms with Crippen LogP contribution in [-0.2, 0) is 4.79 Å². The Labute approximate surface area is 184 Å². The zero-order chi connectivity index (χ0) is 22.6. The summed E-state index contributed by atoms with van der Waals surface area (Å²) in [5, 5.41) is 12.4. The third kappa shape index (κ3) is 6.04. The fourth-order valence-corrected chi connectivity index (χ4v) is 2.76. The highest BCUT2D eigenvalue weighted by Gasteiger charge is 2.31. The fraction of sp³-hybridized carbons (Fsp3) is 0.0476. The molecule has 1 heterocycles. The van der Waals surface area contributed by atoms with Crippen LogP contribution in [0, 0.1) is 11.3 Å². The molecule has 1 N–H and O–H groups in total. The minimum absolute atomic E-state index is 0.177. The first-order valence-corrected chi connectivity index (χ1v) is 9.24. The van der Waals surface area contributed by atoms with Crippen molar-refractivity contribution in [3.8, 4) is 23.1 Å². The number of hydrogen-bond donors (Lipinski definition) is 1. The number of furan rings is 1. The van der Waals surface area contributed by atoms with E-state index in [1.807, 2.05) is 0 Å². The highest BCUT2D eigenvalue weighted by molar-refractivity contribution is 6.42. The summed E-state index contributed by atoms with van der Waals surface area (Å²) in [6, 6.07) is 14.4. The summed E-state index contributed by atoms with van der Waals surface area (Å²) in [4.78, 5) is 12.3. The predicted molar refractivity (Wildman–Crippen MR) is 110 cm³/mol. The van der Waals surface area contributed by atoms with Gasteiger partial charge in [0, 0.05) is 17.3 Å². The Kier molecular flexibility index (Phi) is 6.59. The van der Waals surface area contributed by atoms with Crippen LogP contribution in [0.5, 0.6) is 5.75 Å². The van der Waals surface area contributed by atoms with Crippen LogP contribution in [0.2, 0.25) is 10.0 Å². The molecule has 0 radical (unpaired) electrons. The second-order valence-corrected chi connectivity index (χ2v) is 6.84. The molecule has 158 valence electrons. The van der Waals surface area contributed by atoms with E-state index >= 15 is 0 Å². The number of carbonyl (C=O) groups is 1. The lowest BCUT2D eigenvalue weighted by Gasteiger charge is -2.09. The Bertz CT molecular complexity index is 1180. The molecule has 31 heavy (non-hydrogen) atoms. The van der Waals surface area contributed by atoms with E-state index in [0.29, 0.717) is 21.4 Å². The van der Waals surface area contributed by atoms with Crippen LogP contribution in [-0.4, -0.2) is 12.3 Å². The van der Waals surface area contributed by atoms with Crippen LogP contribution in [0.3, 0.4) is 0 Å². The van der Waals surface area contributed by atoms with E-state index in [9.17, 15) is 23.2 Å². The van der Waals surface area contributed by atoms with Crippen molar-refractivity contribution in [3.05, 3.63) is 76.0 Å². The van der Waals surface area contributed by atoms with Gasteiger partial charge < -0.3 is 14.5 Å². The van der Waals surface area contributed by atoms with Gasteiger partial charge in [-0.25, -0.2) is 0 Å². The van der Waals surface area contributed by atoms with Crippen LogP contribution >= 0.6 is 23.2 Å². The second-order valence-electron chi connectivity index (χ2n) is 6.03. The molecule has 3 aromatic rings. The summed E-state index contributed by atoms with van der Waals surface area (Å²) in [6.45, 7) is 0. The molecule has 0 spiro atoms. The molecule has 0 unspecified atom stereocenters. The Hall–Kier alpha value is -3.41. The smallest absolute Gasteiger partial charge is 0.457 e. The van der Waals surface area contributed by atoms with Gasteiger partial charge in [0.2, 0.25) is 0 Å². The molecular weight excluding hydrogens is 456 g/mol. The lowest BCUT2D eigenvalue weighted by Crippen LogP contribution is -2.17. The highest BCUT2D eigenvalue weighted by Crippen LogP contribution is 2.30. The molecule has 2 aromatic carbocycles. The second kappa shape index (κ2) is 9.16. The number of carbonyl (C=O) groups excluding carboxylic acids is 1. The van der Waals surface area contributed by atoms with Crippen molar-refractivity contribution >= 4 is 40.9 Å². The van der Waals surface area contributed by atoms with Crippen LogP contribution in [0.1, 0.15) is 5.76 Å². The van der Waals surface area contributed by atoms with E-state index < -0.39 is 18.0 Å². The van der Waals surface area contributed by atoms with Crippen molar-refractivity contribution in [2.45, 2.75) is 6.36 Å². The van der Waals surface area contributed by atoms with Crippen molar-refractivity contribution in [1.82, 2.24) is 0 Å². The molecule has 3 rings (SSSR count). The summed E-state index contributed by atoms with van der Waals surface area (Å²) in [5.41, 5.74) is 0.556. The van der Waals surface area contributed by atoms with Gasteiger partial charge in [0.25, 0.3) is 5.91 Å². The maximum atomic E-state index is 12.3. The number of benzene rings is 2. The molecule has 0 saturated carbocycles. The van der Waals surface area contributed by atoms with Gasteiger partial charge in [0.15, 0.2) is 0 Å². The van der Waals surface area contributed by atoms with Gasteiger partial charge in [0.05, 0.1) is 10.0 Å². The summed E-state index contributed by atoms with van der Waals surface area (Å²) in [6.07, 6.45) is -3.59. The number of amides is 1. The third-order valence-electron chi connectivity index (χ3n) is 3.83. The first-order chi connectivity index (χ1) is 14.6.